The summed E-state index contributed by atoms with van der Waals surface area (Å²) in [5, 5.41) is 9.09. The Labute approximate surface area is 109 Å². The number of carbonyl (C=O) groups excluding carboxylic acids is 1. The lowest BCUT2D eigenvalue weighted by atomic mass is 9.93. The van der Waals surface area contributed by atoms with E-state index in [1.54, 1.807) is 0 Å². The smallest absolute Gasteiger partial charge is 0.143 e. The minimum atomic E-state index is -0.250. The fourth-order valence-corrected chi connectivity index (χ4v) is 1.83. The second-order valence-electron chi connectivity index (χ2n) is 4.59. The number of hydrogen-bond acceptors (Lipinski definition) is 3. The lowest BCUT2D eigenvalue weighted by molar-refractivity contribution is -0.129. The zero-order valence-corrected chi connectivity index (χ0v) is 11.1. The van der Waals surface area contributed by atoms with E-state index in [1.807, 2.05) is 44.2 Å². The van der Waals surface area contributed by atoms with E-state index in [9.17, 15) is 4.79 Å². The predicted molar refractivity (Wildman–Crippen MR) is 71.1 cm³/mol. The van der Waals surface area contributed by atoms with E-state index in [0.717, 1.165) is 5.56 Å². The molecule has 0 aliphatic carbocycles. The molecule has 3 nitrogen and oxygen atoms in total. The molecule has 0 aliphatic heterocycles. The SMILES string of the molecule is CC[C@H](CO)C(=O)[C@H](C)COCc1ccccc1. The molecule has 0 fully saturated rings. The van der Waals surface area contributed by atoms with E-state index < -0.39 is 0 Å². The summed E-state index contributed by atoms with van der Waals surface area (Å²) in [4.78, 5) is 11.9. The van der Waals surface area contributed by atoms with Crippen molar-refractivity contribution in [3.05, 3.63) is 35.9 Å². The monoisotopic (exact) mass is 250 g/mol. The van der Waals surface area contributed by atoms with Crippen molar-refractivity contribution in [3.63, 3.8) is 0 Å². The maximum absolute atomic E-state index is 11.9. The average Bonchev–Trinajstić information content (AvgIpc) is 2.41. The number of hydrogen-bond donors (Lipinski definition) is 1. The van der Waals surface area contributed by atoms with Gasteiger partial charge in [-0.05, 0) is 12.0 Å². The number of ether oxygens (including phenoxy) is 1. The van der Waals surface area contributed by atoms with Gasteiger partial charge in [-0.15, -0.1) is 0 Å². The van der Waals surface area contributed by atoms with Crippen molar-refractivity contribution in [2.45, 2.75) is 26.9 Å². The Bertz CT molecular complexity index is 344. The lowest BCUT2D eigenvalue weighted by Crippen LogP contribution is -2.27. The number of ketones is 1. The molecular formula is C15H22O3. The van der Waals surface area contributed by atoms with Crippen molar-refractivity contribution in [2.24, 2.45) is 11.8 Å². The van der Waals surface area contributed by atoms with Crippen LogP contribution in [-0.2, 0) is 16.1 Å². The van der Waals surface area contributed by atoms with Crippen molar-refractivity contribution in [2.75, 3.05) is 13.2 Å². The van der Waals surface area contributed by atoms with Crippen molar-refractivity contribution in [3.8, 4) is 0 Å². The zero-order chi connectivity index (χ0) is 13.4. The van der Waals surface area contributed by atoms with Crippen LogP contribution >= 0.6 is 0 Å². The molecule has 0 spiro atoms. The van der Waals surface area contributed by atoms with E-state index in [1.165, 1.54) is 0 Å². The van der Waals surface area contributed by atoms with Gasteiger partial charge in [-0.1, -0.05) is 44.2 Å². The highest BCUT2D eigenvalue weighted by molar-refractivity contribution is 5.83. The number of benzene rings is 1. The number of carbonyl (C=O) groups is 1. The molecule has 1 aromatic carbocycles. The molecule has 0 saturated heterocycles. The highest BCUT2D eigenvalue weighted by atomic mass is 16.5. The normalized spacial score (nSPS) is 14.2. The molecular weight excluding hydrogens is 228 g/mol. The lowest BCUT2D eigenvalue weighted by Gasteiger charge is -2.16. The fourth-order valence-electron chi connectivity index (χ4n) is 1.83. The van der Waals surface area contributed by atoms with Crippen LogP contribution < -0.4 is 0 Å². The largest absolute Gasteiger partial charge is 0.396 e. The molecule has 3 heteroatoms. The van der Waals surface area contributed by atoms with Gasteiger partial charge in [0.1, 0.15) is 5.78 Å². The molecule has 0 aliphatic rings. The van der Waals surface area contributed by atoms with Crippen molar-refractivity contribution >= 4 is 5.78 Å². The average molecular weight is 250 g/mol. The van der Waals surface area contributed by atoms with Gasteiger partial charge in [0.05, 0.1) is 19.8 Å². The van der Waals surface area contributed by atoms with E-state index >= 15 is 0 Å². The molecule has 0 radical (unpaired) electrons. The summed E-state index contributed by atoms with van der Waals surface area (Å²) in [5.74, 6) is -0.320. The van der Waals surface area contributed by atoms with E-state index in [2.05, 4.69) is 0 Å². The molecule has 0 aromatic heterocycles. The van der Waals surface area contributed by atoms with Crippen LogP contribution in [0.25, 0.3) is 0 Å². The molecule has 2 atom stereocenters. The highest BCUT2D eigenvalue weighted by Crippen LogP contribution is 2.12. The minimum absolute atomic E-state index is 0.0711. The van der Waals surface area contributed by atoms with Crippen LogP contribution in [0.3, 0.4) is 0 Å². The molecule has 0 unspecified atom stereocenters. The second-order valence-corrected chi connectivity index (χ2v) is 4.59. The van der Waals surface area contributed by atoms with Gasteiger partial charge in [0.2, 0.25) is 0 Å². The molecule has 18 heavy (non-hydrogen) atoms. The first-order valence-corrected chi connectivity index (χ1v) is 6.45. The zero-order valence-electron chi connectivity index (χ0n) is 11.1. The first-order valence-electron chi connectivity index (χ1n) is 6.45. The number of Topliss-reactive ketones (excluding diaryl/α,β-unsaturated/α-hetero) is 1. The second kappa shape index (κ2) is 8.01. The van der Waals surface area contributed by atoms with Crippen LogP contribution in [0.4, 0.5) is 0 Å². The molecule has 1 aromatic rings. The van der Waals surface area contributed by atoms with Gasteiger partial charge < -0.3 is 9.84 Å². The van der Waals surface area contributed by atoms with Crippen molar-refractivity contribution in [1.82, 2.24) is 0 Å². The van der Waals surface area contributed by atoms with E-state index in [4.69, 9.17) is 9.84 Å². The number of aliphatic hydroxyl groups excluding tert-OH is 1. The van der Waals surface area contributed by atoms with E-state index in [-0.39, 0.29) is 24.2 Å². The maximum atomic E-state index is 11.9. The van der Waals surface area contributed by atoms with E-state index in [0.29, 0.717) is 19.6 Å². The Morgan fingerprint density at radius 3 is 2.56 bits per heavy atom. The Hall–Kier alpha value is -1.19. The Kier molecular flexibility index (Phi) is 6.61. The topological polar surface area (TPSA) is 46.5 Å². The molecule has 0 heterocycles. The van der Waals surface area contributed by atoms with Gasteiger partial charge >= 0.3 is 0 Å². The first kappa shape index (κ1) is 14.9. The third kappa shape index (κ3) is 4.59. The van der Waals surface area contributed by atoms with Gasteiger partial charge in [-0.25, -0.2) is 0 Å². The molecule has 1 N–H and O–H groups in total. The molecule has 0 saturated carbocycles. The third-order valence-electron chi connectivity index (χ3n) is 3.08. The van der Waals surface area contributed by atoms with Crippen LogP contribution in [0, 0.1) is 11.8 Å². The number of aliphatic hydroxyl groups is 1. The van der Waals surface area contributed by atoms with Crippen LogP contribution in [0.2, 0.25) is 0 Å². The first-order chi connectivity index (χ1) is 8.69. The Morgan fingerprint density at radius 1 is 1.33 bits per heavy atom. The third-order valence-corrected chi connectivity index (χ3v) is 3.08. The summed E-state index contributed by atoms with van der Waals surface area (Å²) in [7, 11) is 0. The molecule has 0 bridgehead atoms. The Morgan fingerprint density at radius 2 is 2.00 bits per heavy atom. The summed E-state index contributed by atoms with van der Waals surface area (Å²) in [6.07, 6.45) is 0.679. The highest BCUT2D eigenvalue weighted by Gasteiger charge is 2.21. The minimum Gasteiger partial charge on any atom is -0.396 e. The summed E-state index contributed by atoms with van der Waals surface area (Å²) in [5.41, 5.74) is 1.10. The quantitative estimate of drug-likeness (QED) is 0.770. The van der Waals surface area contributed by atoms with Crippen LogP contribution in [0.5, 0.6) is 0 Å². The van der Waals surface area contributed by atoms with Crippen LogP contribution in [0.15, 0.2) is 30.3 Å². The van der Waals surface area contributed by atoms with Gasteiger partial charge in [-0.3, -0.25) is 4.79 Å². The maximum Gasteiger partial charge on any atom is 0.143 e. The standard InChI is InChI=1S/C15H22O3/c1-3-14(9-16)15(17)12(2)10-18-11-13-7-5-4-6-8-13/h4-8,12,14,16H,3,9-11H2,1-2H3/t12-,14-/m1/s1. The fraction of sp³-hybridized carbons (Fsp3) is 0.533. The van der Waals surface area contributed by atoms with Crippen molar-refractivity contribution in [1.29, 1.82) is 0 Å². The summed E-state index contributed by atoms with van der Waals surface area (Å²) in [6.45, 7) is 4.62. The van der Waals surface area contributed by atoms with Gasteiger partial charge in [0, 0.05) is 11.8 Å². The van der Waals surface area contributed by atoms with Crippen molar-refractivity contribution < 1.29 is 14.6 Å². The molecule has 1 rings (SSSR count). The van der Waals surface area contributed by atoms with Crippen LogP contribution in [-0.4, -0.2) is 24.1 Å². The Balaban J connectivity index is 2.33. The molecule has 0 amide bonds. The molecule has 100 valence electrons. The van der Waals surface area contributed by atoms with Gasteiger partial charge in [0.15, 0.2) is 0 Å². The van der Waals surface area contributed by atoms with Crippen LogP contribution in [0.1, 0.15) is 25.8 Å². The summed E-state index contributed by atoms with van der Waals surface area (Å²) in [6, 6.07) is 9.88. The predicted octanol–water partition coefficient (Wildman–Crippen LogP) is 2.43. The summed E-state index contributed by atoms with van der Waals surface area (Å²) >= 11 is 0. The van der Waals surface area contributed by atoms with Gasteiger partial charge in [0.25, 0.3) is 0 Å². The number of rotatable bonds is 8. The summed E-state index contributed by atoms with van der Waals surface area (Å²) < 4.78 is 5.54. The van der Waals surface area contributed by atoms with Gasteiger partial charge in [-0.2, -0.15) is 0 Å².